The summed E-state index contributed by atoms with van der Waals surface area (Å²) in [6.07, 6.45) is 7.82. The number of carbonyl (C=O) groups is 1. The molecule has 0 spiro atoms. The maximum absolute atomic E-state index is 12.1. The standard InChI is InChI=1S/C16H24O3/c1-9-4-11-5-12(11)6-13(9)8-18-16(17)10-2-3-14-15(7-10)19-14/h9-15H,2-8H2,1H3. The van der Waals surface area contributed by atoms with Gasteiger partial charge in [-0.3, -0.25) is 4.79 Å². The Balaban J connectivity index is 1.26. The summed E-state index contributed by atoms with van der Waals surface area (Å²) < 4.78 is 11.1. The third-order valence-electron chi connectivity index (χ3n) is 5.93. The highest BCUT2D eigenvalue weighted by Gasteiger charge is 2.47. The van der Waals surface area contributed by atoms with Crippen molar-refractivity contribution < 1.29 is 14.3 Å². The molecule has 0 N–H and O–H groups in total. The highest BCUT2D eigenvalue weighted by molar-refractivity contribution is 5.72. The van der Waals surface area contributed by atoms with Crippen LogP contribution in [0, 0.1) is 29.6 Å². The quantitative estimate of drug-likeness (QED) is 0.581. The Morgan fingerprint density at radius 3 is 2.79 bits per heavy atom. The van der Waals surface area contributed by atoms with Crippen LogP contribution < -0.4 is 0 Å². The van der Waals surface area contributed by atoms with Crippen molar-refractivity contribution in [2.24, 2.45) is 29.6 Å². The summed E-state index contributed by atoms with van der Waals surface area (Å²) in [7, 11) is 0. The van der Waals surface area contributed by atoms with Crippen molar-refractivity contribution in [3.8, 4) is 0 Å². The summed E-state index contributed by atoms with van der Waals surface area (Å²) in [6, 6.07) is 0. The maximum atomic E-state index is 12.1. The van der Waals surface area contributed by atoms with E-state index in [1.165, 1.54) is 19.3 Å². The Morgan fingerprint density at radius 1 is 1.11 bits per heavy atom. The second-order valence-corrected chi connectivity index (χ2v) is 7.32. The van der Waals surface area contributed by atoms with Gasteiger partial charge in [0.15, 0.2) is 0 Å². The first-order chi connectivity index (χ1) is 9.20. The predicted octanol–water partition coefficient (Wildman–Crippen LogP) is 2.78. The van der Waals surface area contributed by atoms with E-state index in [9.17, 15) is 4.79 Å². The van der Waals surface area contributed by atoms with Gasteiger partial charge in [0.1, 0.15) is 0 Å². The van der Waals surface area contributed by atoms with E-state index in [1.807, 2.05) is 0 Å². The Bertz CT molecular complexity index is 380. The van der Waals surface area contributed by atoms with Gasteiger partial charge in [-0.25, -0.2) is 0 Å². The SMILES string of the molecule is CC1CC2CC2CC1COC(=O)C1CCC2OC2C1. The third-order valence-corrected chi connectivity index (χ3v) is 5.93. The van der Waals surface area contributed by atoms with E-state index in [2.05, 4.69) is 6.92 Å². The number of ether oxygens (including phenoxy) is 2. The number of carbonyl (C=O) groups excluding carboxylic acids is 1. The molecule has 4 fully saturated rings. The molecule has 0 aromatic rings. The number of rotatable bonds is 3. The summed E-state index contributed by atoms with van der Waals surface area (Å²) in [5, 5.41) is 0. The molecule has 106 valence electrons. The van der Waals surface area contributed by atoms with Crippen LogP contribution in [0.5, 0.6) is 0 Å². The Kier molecular flexibility index (Phi) is 2.87. The lowest BCUT2D eigenvalue weighted by molar-refractivity contribution is -0.151. The van der Waals surface area contributed by atoms with Crippen LogP contribution in [0.25, 0.3) is 0 Å². The van der Waals surface area contributed by atoms with Crippen molar-refractivity contribution in [1.29, 1.82) is 0 Å². The average molecular weight is 264 g/mol. The van der Waals surface area contributed by atoms with E-state index in [0.29, 0.717) is 24.7 Å². The van der Waals surface area contributed by atoms with Crippen LogP contribution in [0.15, 0.2) is 0 Å². The molecule has 3 heteroatoms. The number of epoxide rings is 1. The zero-order valence-electron chi connectivity index (χ0n) is 11.7. The first-order valence-electron chi connectivity index (χ1n) is 8.03. The summed E-state index contributed by atoms with van der Waals surface area (Å²) in [4.78, 5) is 12.1. The smallest absolute Gasteiger partial charge is 0.309 e. The Morgan fingerprint density at radius 2 is 1.95 bits per heavy atom. The highest BCUT2D eigenvalue weighted by atomic mass is 16.6. The summed E-state index contributed by atoms with van der Waals surface area (Å²) >= 11 is 0. The Labute approximate surface area is 115 Å². The van der Waals surface area contributed by atoms with Crippen molar-refractivity contribution in [3.05, 3.63) is 0 Å². The van der Waals surface area contributed by atoms with Crippen LogP contribution in [0.1, 0.15) is 45.4 Å². The van der Waals surface area contributed by atoms with Gasteiger partial charge >= 0.3 is 5.97 Å². The van der Waals surface area contributed by atoms with Gasteiger partial charge in [0.2, 0.25) is 0 Å². The van der Waals surface area contributed by atoms with Gasteiger partial charge < -0.3 is 9.47 Å². The molecule has 3 nitrogen and oxygen atoms in total. The van der Waals surface area contributed by atoms with Crippen molar-refractivity contribution in [2.45, 2.75) is 57.7 Å². The van der Waals surface area contributed by atoms with Gasteiger partial charge in [0.05, 0.1) is 24.7 Å². The van der Waals surface area contributed by atoms with Gasteiger partial charge in [0, 0.05) is 0 Å². The maximum Gasteiger partial charge on any atom is 0.309 e. The van der Waals surface area contributed by atoms with Crippen LogP contribution in [0.3, 0.4) is 0 Å². The first-order valence-corrected chi connectivity index (χ1v) is 8.03. The van der Waals surface area contributed by atoms with Crippen LogP contribution in [-0.4, -0.2) is 24.8 Å². The molecule has 0 amide bonds. The molecule has 1 saturated heterocycles. The molecule has 19 heavy (non-hydrogen) atoms. The lowest BCUT2D eigenvalue weighted by atomic mass is 9.81. The summed E-state index contributed by atoms with van der Waals surface area (Å²) in [5.74, 6) is 3.45. The second-order valence-electron chi connectivity index (χ2n) is 7.32. The molecule has 7 unspecified atom stereocenters. The predicted molar refractivity (Wildman–Crippen MR) is 70.4 cm³/mol. The van der Waals surface area contributed by atoms with Crippen LogP contribution in [-0.2, 0) is 14.3 Å². The largest absolute Gasteiger partial charge is 0.465 e. The summed E-state index contributed by atoms with van der Waals surface area (Å²) in [6.45, 7) is 2.99. The first kappa shape index (κ1) is 12.2. The molecule has 4 aliphatic rings. The zero-order valence-corrected chi connectivity index (χ0v) is 11.7. The van der Waals surface area contributed by atoms with E-state index >= 15 is 0 Å². The zero-order chi connectivity index (χ0) is 13.0. The molecule has 0 bridgehead atoms. The van der Waals surface area contributed by atoms with Crippen molar-refractivity contribution >= 4 is 5.97 Å². The van der Waals surface area contributed by atoms with Crippen molar-refractivity contribution in [1.82, 2.24) is 0 Å². The van der Waals surface area contributed by atoms with Crippen LogP contribution in [0.4, 0.5) is 0 Å². The van der Waals surface area contributed by atoms with E-state index in [1.54, 1.807) is 0 Å². The van der Waals surface area contributed by atoms with Gasteiger partial charge in [-0.15, -0.1) is 0 Å². The van der Waals surface area contributed by atoms with Gasteiger partial charge in [-0.2, -0.15) is 0 Å². The lowest BCUT2D eigenvalue weighted by Gasteiger charge is -2.28. The molecule has 4 rings (SSSR count). The molecule has 1 heterocycles. The van der Waals surface area contributed by atoms with E-state index in [0.717, 1.165) is 37.0 Å². The number of hydrogen-bond acceptors (Lipinski definition) is 3. The molecule has 3 aliphatic carbocycles. The molecular weight excluding hydrogens is 240 g/mol. The Hall–Kier alpha value is -0.570. The minimum atomic E-state index is 0.0408. The average Bonchev–Trinajstić information content (AvgIpc) is 3.28. The molecule has 0 aromatic carbocycles. The fourth-order valence-corrected chi connectivity index (χ4v) is 4.34. The van der Waals surface area contributed by atoms with E-state index in [-0.39, 0.29) is 11.9 Å². The van der Waals surface area contributed by atoms with Gasteiger partial charge in [-0.05, 0) is 62.2 Å². The number of hydrogen-bond donors (Lipinski definition) is 0. The number of fused-ring (bicyclic) bond motifs is 2. The van der Waals surface area contributed by atoms with Crippen molar-refractivity contribution in [3.63, 3.8) is 0 Å². The second kappa shape index (κ2) is 4.47. The minimum Gasteiger partial charge on any atom is -0.465 e. The van der Waals surface area contributed by atoms with Crippen molar-refractivity contribution in [2.75, 3.05) is 6.61 Å². The molecule has 0 radical (unpaired) electrons. The minimum absolute atomic E-state index is 0.0408. The topological polar surface area (TPSA) is 38.8 Å². The van der Waals surface area contributed by atoms with E-state index < -0.39 is 0 Å². The van der Waals surface area contributed by atoms with Crippen LogP contribution in [0.2, 0.25) is 0 Å². The number of esters is 1. The highest BCUT2D eigenvalue weighted by Crippen LogP contribution is 2.53. The van der Waals surface area contributed by atoms with E-state index in [4.69, 9.17) is 9.47 Å². The summed E-state index contributed by atoms with van der Waals surface area (Å²) in [5.41, 5.74) is 0. The monoisotopic (exact) mass is 264 g/mol. The molecule has 3 saturated carbocycles. The molecular formula is C16H24O3. The molecule has 0 aromatic heterocycles. The fourth-order valence-electron chi connectivity index (χ4n) is 4.34. The molecule has 1 aliphatic heterocycles. The lowest BCUT2D eigenvalue weighted by Crippen LogP contribution is -2.29. The van der Waals surface area contributed by atoms with Gasteiger partial charge in [-0.1, -0.05) is 6.92 Å². The normalized spacial score (nSPS) is 50.9. The third kappa shape index (κ3) is 2.42. The fraction of sp³-hybridized carbons (Fsp3) is 0.938. The van der Waals surface area contributed by atoms with Crippen LogP contribution >= 0.6 is 0 Å². The molecule has 7 atom stereocenters. The van der Waals surface area contributed by atoms with Gasteiger partial charge in [0.25, 0.3) is 0 Å².